The van der Waals surface area contributed by atoms with Crippen LogP contribution in [0.4, 0.5) is 10.1 Å². The van der Waals surface area contributed by atoms with Crippen LogP contribution in [0.1, 0.15) is 18.1 Å². The quantitative estimate of drug-likeness (QED) is 0.430. The first-order chi connectivity index (χ1) is 16.1. The number of aromatic nitrogens is 6. The van der Waals surface area contributed by atoms with Crippen molar-refractivity contribution in [2.24, 2.45) is 0 Å². The summed E-state index contributed by atoms with van der Waals surface area (Å²) >= 11 is 0. The van der Waals surface area contributed by atoms with Gasteiger partial charge in [0.25, 0.3) is 0 Å². The van der Waals surface area contributed by atoms with Crippen LogP contribution in [0.5, 0.6) is 0 Å². The number of halogens is 1. The van der Waals surface area contributed by atoms with E-state index >= 15 is 0 Å². The van der Waals surface area contributed by atoms with E-state index < -0.39 is 5.82 Å². The number of fused-ring (bicyclic) bond motifs is 1. The molecular formula is C24H20FN7O. The Bertz CT molecular complexity index is 1440. The van der Waals surface area contributed by atoms with Gasteiger partial charge in [-0.15, -0.1) is 5.10 Å². The van der Waals surface area contributed by atoms with Gasteiger partial charge >= 0.3 is 0 Å². The van der Waals surface area contributed by atoms with Crippen molar-refractivity contribution in [1.29, 1.82) is 0 Å². The van der Waals surface area contributed by atoms with Crippen LogP contribution >= 0.6 is 0 Å². The predicted molar refractivity (Wildman–Crippen MR) is 122 cm³/mol. The molecular weight excluding hydrogens is 421 g/mol. The van der Waals surface area contributed by atoms with Gasteiger partial charge in [-0.25, -0.2) is 9.37 Å². The molecule has 0 spiro atoms. The zero-order valence-corrected chi connectivity index (χ0v) is 17.8. The zero-order valence-electron chi connectivity index (χ0n) is 17.8. The van der Waals surface area contributed by atoms with E-state index in [1.54, 1.807) is 13.0 Å². The second-order valence-electron chi connectivity index (χ2n) is 7.54. The summed E-state index contributed by atoms with van der Waals surface area (Å²) in [6, 6.07) is 22.1. The molecule has 5 aromatic rings. The van der Waals surface area contributed by atoms with Gasteiger partial charge < -0.3 is 5.32 Å². The normalized spacial score (nSPS) is 11.1. The van der Waals surface area contributed by atoms with Crippen LogP contribution in [0.25, 0.3) is 22.4 Å². The van der Waals surface area contributed by atoms with Gasteiger partial charge in [-0.05, 0) is 59.8 Å². The maximum atomic E-state index is 14.4. The molecule has 5 rings (SSSR count). The van der Waals surface area contributed by atoms with E-state index in [-0.39, 0.29) is 18.0 Å². The second-order valence-corrected chi connectivity index (χ2v) is 7.54. The molecule has 0 aliphatic carbocycles. The summed E-state index contributed by atoms with van der Waals surface area (Å²) in [4.78, 5) is 17.4. The molecule has 164 valence electrons. The molecule has 2 aromatic heterocycles. The Morgan fingerprint density at radius 2 is 1.79 bits per heavy atom. The Hall–Kier alpha value is -4.40. The maximum Gasteiger partial charge on any atom is 0.224 e. The van der Waals surface area contributed by atoms with Crippen LogP contribution in [0.2, 0.25) is 0 Å². The third kappa shape index (κ3) is 4.08. The zero-order chi connectivity index (χ0) is 22.8. The molecule has 33 heavy (non-hydrogen) atoms. The van der Waals surface area contributed by atoms with Gasteiger partial charge in [-0.2, -0.15) is 4.68 Å². The first-order valence-corrected chi connectivity index (χ1v) is 10.5. The molecule has 0 aliphatic rings. The third-order valence-electron chi connectivity index (χ3n) is 5.31. The van der Waals surface area contributed by atoms with Crippen molar-refractivity contribution in [2.45, 2.75) is 19.8 Å². The highest BCUT2D eigenvalue weighted by Gasteiger charge is 2.15. The smallest absolute Gasteiger partial charge is 0.224 e. The molecule has 0 atom stereocenters. The Kier molecular flexibility index (Phi) is 5.35. The minimum atomic E-state index is -0.533. The summed E-state index contributed by atoms with van der Waals surface area (Å²) in [6.07, 6.45) is 0.534. The van der Waals surface area contributed by atoms with E-state index in [1.165, 1.54) is 16.8 Å². The van der Waals surface area contributed by atoms with Crippen molar-refractivity contribution in [2.75, 3.05) is 5.32 Å². The molecule has 9 heteroatoms. The number of imidazole rings is 1. The summed E-state index contributed by atoms with van der Waals surface area (Å²) in [5.74, 6) is 0.468. The molecule has 3 aromatic carbocycles. The van der Waals surface area contributed by atoms with E-state index in [1.807, 2.05) is 59.2 Å². The van der Waals surface area contributed by atoms with Gasteiger partial charge in [0.15, 0.2) is 5.82 Å². The highest BCUT2D eigenvalue weighted by atomic mass is 19.1. The van der Waals surface area contributed by atoms with E-state index in [0.717, 1.165) is 22.5 Å². The first kappa shape index (κ1) is 20.5. The molecule has 0 aliphatic heterocycles. The van der Waals surface area contributed by atoms with Gasteiger partial charge in [0.1, 0.15) is 11.6 Å². The van der Waals surface area contributed by atoms with Crippen molar-refractivity contribution in [3.05, 3.63) is 90.3 Å². The minimum Gasteiger partial charge on any atom is -0.324 e. The third-order valence-corrected chi connectivity index (χ3v) is 5.31. The SMILES string of the molecule is Cc1nnnn1-c1ccc(F)c(NC(=O)CCc2nc3ccccc3n2-c2ccccc2)c1. The molecule has 0 radical (unpaired) electrons. The van der Waals surface area contributed by atoms with E-state index in [2.05, 4.69) is 20.8 Å². The van der Waals surface area contributed by atoms with E-state index in [9.17, 15) is 9.18 Å². The van der Waals surface area contributed by atoms with Crippen molar-refractivity contribution >= 4 is 22.6 Å². The lowest BCUT2D eigenvalue weighted by Gasteiger charge is -2.11. The second kappa shape index (κ2) is 8.62. The van der Waals surface area contributed by atoms with Gasteiger partial charge in [-0.3, -0.25) is 9.36 Å². The standard InChI is InChI=1S/C24H20FN7O/c1-16-28-29-30-32(16)18-11-12-19(25)21(15-18)27-24(33)14-13-23-26-20-9-5-6-10-22(20)31(23)17-7-3-2-4-8-17/h2-12,15H,13-14H2,1H3,(H,27,33). The number of para-hydroxylation sites is 3. The molecule has 0 saturated carbocycles. The van der Waals surface area contributed by atoms with Crippen LogP contribution in [-0.4, -0.2) is 35.7 Å². The number of carbonyl (C=O) groups is 1. The van der Waals surface area contributed by atoms with Crippen molar-refractivity contribution in [3.8, 4) is 11.4 Å². The molecule has 8 nitrogen and oxygen atoms in total. The Morgan fingerprint density at radius 3 is 2.58 bits per heavy atom. The summed E-state index contributed by atoms with van der Waals surface area (Å²) in [5, 5.41) is 14.0. The van der Waals surface area contributed by atoms with Gasteiger partial charge in [0, 0.05) is 18.5 Å². The number of rotatable bonds is 6. The molecule has 1 N–H and O–H groups in total. The molecule has 0 fully saturated rings. The number of carbonyl (C=O) groups excluding carboxylic acids is 1. The fraction of sp³-hybridized carbons (Fsp3) is 0.125. The number of nitrogens with one attached hydrogen (secondary N) is 1. The van der Waals surface area contributed by atoms with Gasteiger partial charge in [0.2, 0.25) is 5.91 Å². The molecule has 0 saturated heterocycles. The largest absolute Gasteiger partial charge is 0.324 e. The van der Waals surface area contributed by atoms with Crippen LogP contribution < -0.4 is 5.32 Å². The predicted octanol–water partition coefficient (Wildman–Crippen LogP) is 4.02. The summed E-state index contributed by atoms with van der Waals surface area (Å²) in [6.45, 7) is 1.74. The Morgan fingerprint density at radius 1 is 1.00 bits per heavy atom. The number of tetrazole rings is 1. The van der Waals surface area contributed by atoms with Gasteiger partial charge in [0.05, 0.1) is 22.4 Å². The van der Waals surface area contributed by atoms with Crippen molar-refractivity contribution in [3.63, 3.8) is 0 Å². The fourth-order valence-electron chi connectivity index (χ4n) is 3.76. The van der Waals surface area contributed by atoms with Crippen LogP contribution in [0.15, 0.2) is 72.8 Å². The first-order valence-electron chi connectivity index (χ1n) is 10.5. The number of benzene rings is 3. The van der Waals surface area contributed by atoms with Crippen LogP contribution in [0, 0.1) is 12.7 Å². The number of amides is 1. The van der Waals surface area contributed by atoms with Gasteiger partial charge in [-0.1, -0.05) is 30.3 Å². The number of aryl methyl sites for hydroxylation is 2. The number of nitrogens with zero attached hydrogens (tertiary/aromatic N) is 6. The monoisotopic (exact) mass is 441 g/mol. The molecule has 2 heterocycles. The summed E-state index contributed by atoms with van der Waals surface area (Å²) < 4.78 is 17.9. The molecule has 0 bridgehead atoms. The Labute approximate surface area is 188 Å². The number of anilines is 1. The van der Waals surface area contributed by atoms with Crippen LogP contribution in [-0.2, 0) is 11.2 Å². The number of hydrogen-bond donors (Lipinski definition) is 1. The topological polar surface area (TPSA) is 90.5 Å². The summed E-state index contributed by atoms with van der Waals surface area (Å²) in [5.41, 5.74) is 3.42. The van der Waals surface area contributed by atoms with E-state index in [4.69, 9.17) is 4.98 Å². The average Bonchev–Trinajstić information content (AvgIpc) is 3.43. The Balaban J connectivity index is 1.37. The maximum absolute atomic E-state index is 14.4. The lowest BCUT2D eigenvalue weighted by molar-refractivity contribution is -0.116. The highest BCUT2D eigenvalue weighted by Crippen LogP contribution is 2.23. The fourth-order valence-corrected chi connectivity index (χ4v) is 3.76. The average molecular weight is 441 g/mol. The lowest BCUT2D eigenvalue weighted by Crippen LogP contribution is -2.15. The number of hydrogen-bond acceptors (Lipinski definition) is 5. The molecule has 1 amide bonds. The minimum absolute atomic E-state index is 0.0731. The van der Waals surface area contributed by atoms with Crippen molar-refractivity contribution < 1.29 is 9.18 Å². The van der Waals surface area contributed by atoms with Crippen LogP contribution in [0.3, 0.4) is 0 Å². The van der Waals surface area contributed by atoms with Crippen molar-refractivity contribution in [1.82, 2.24) is 29.8 Å². The highest BCUT2D eigenvalue weighted by molar-refractivity contribution is 5.91. The van der Waals surface area contributed by atoms with E-state index in [0.29, 0.717) is 17.9 Å². The molecule has 0 unspecified atom stereocenters. The lowest BCUT2D eigenvalue weighted by atomic mass is 10.2. The summed E-state index contributed by atoms with van der Waals surface area (Å²) in [7, 11) is 0.